The molecule has 0 atom stereocenters. The van der Waals surface area contributed by atoms with Gasteiger partial charge in [-0.15, -0.1) is 0 Å². The molecule has 0 aliphatic heterocycles. The SMILES string of the molecule is COc1cc(Cc2cnc(NCCOc3ccccc3)nc2N)cc(OC)c1. The Hall–Kier alpha value is -3.48. The molecule has 0 amide bonds. The van der Waals surface area contributed by atoms with E-state index in [2.05, 4.69) is 15.3 Å². The van der Waals surface area contributed by atoms with Crippen molar-refractivity contribution in [3.8, 4) is 17.2 Å². The number of ether oxygens (including phenoxy) is 3. The van der Waals surface area contributed by atoms with Crippen LogP contribution in [-0.4, -0.2) is 37.3 Å². The van der Waals surface area contributed by atoms with E-state index >= 15 is 0 Å². The van der Waals surface area contributed by atoms with E-state index in [1.165, 1.54) is 0 Å². The molecular weight excluding hydrogens is 356 g/mol. The van der Waals surface area contributed by atoms with Gasteiger partial charge in [-0.3, -0.25) is 0 Å². The lowest BCUT2D eigenvalue weighted by atomic mass is 10.1. The van der Waals surface area contributed by atoms with Crippen molar-refractivity contribution in [1.82, 2.24) is 9.97 Å². The maximum atomic E-state index is 6.12. The number of hydrogen-bond donors (Lipinski definition) is 2. The normalized spacial score (nSPS) is 10.4. The molecule has 0 fully saturated rings. The zero-order chi connectivity index (χ0) is 19.8. The zero-order valence-corrected chi connectivity index (χ0v) is 16.0. The van der Waals surface area contributed by atoms with Crippen LogP contribution in [0.15, 0.2) is 54.7 Å². The summed E-state index contributed by atoms with van der Waals surface area (Å²) in [7, 11) is 3.25. The minimum Gasteiger partial charge on any atom is -0.497 e. The first-order valence-electron chi connectivity index (χ1n) is 8.93. The van der Waals surface area contributed by atoms with Gasteiger partial charge >= 0.3 is 0 Å². The fourth-order valence-corrected chi connectivity index (χ4v) is 2.68. The number of nitrogens with one attached hydrogen (secondary N) is 1. The lowest BCUT2D eigenvalue weighted by Gasteiger charge is -2.11. The van der Waals surface area contributed by atoms with E-state index in [1.807, 2.05) is 48.5 Å². The van der Waals surface area contributed by atoms with Crippen molar-refractivity contribution in [3.05, 3.63) is 65.9 Å². The number of nitrogens with zero attached hydrogens (tertiary/aromatic N) is 2. The fourth-order valence-electron chi connectivity index (χ4n) is 2.68. The Bertz CT molecular complexity index is 881. The molecule has 0 radical (unpaired) electrons. The Morgan fingerprint density at radius 2 is 1.68 bits per heavy atom. The van der Waals surface area contributed by atoms with E-state index in [1.54, 1.807) is 20.4 Å². The van der Waals surface area contributed by atoms with Gasteiger partial charge in [0.15, 0.2) is 0 Å². The molecule has 7 heteroatoms. The standard InChI is InChI=1S/C21H24N4O3/c1-26-18-11-15(12-19(13-18)27-2)10-16-14-24-21(25-20(16)22)23-8-9-28-17-6-4-3-5-7-17/h3-7,11-14H,8-10H2,1-2H3,(H3,22,23,24,25). The largest absolute Gasteiger partial charge is 0.497 e. The molecule has 0 bridgehead atoms. The second kappa shape index (κ2) is 9.45. The van der Waals surface area contributed by atoms with Crippen molar-refractivity contribution < 1.29 is 14.2 Å². The third kappa shape index (κ3) is 5.26. The van der Waals surface area contributed by atoms with Gasteiger partial charge in [-0.1, -0.05) is 18.2 Å². The van der Waals surface area contributed by atoms with Crippen LogP contribution < -0.4 is 25.3 Å². The lowest BCUT2D eigenvalue weighted by Crippen LogP contribution is -2.14. The zero-order valence-electron chi connectivity index (χ0n) is 16.0. The number of rotatable bonds is 9. The smallest absolute Gasteiger partial charge is 0.224 e. The van der Waals surface area contributed by atoms with E-state index in [9.17, 15) is 0 Å². The van der Waals surface area contributed by atoms with Crippen LogP contribution in [0.5, 0.6) is 17.2 Å². The van der Waals surface area contributed by atoms with E-state index in [0.29, 0.717) is 31.3 Å². The molecule has 0 saturated carbocycles. The number of nitrogens with two attached hydrogens (primary N) is 1. The number of para-hydroxylation sites is 1. The maximum absolute atomic E-state index is 6.12. The molecule has 0 saturated heterocycles. The lowest BCUT2D eigenvalue weighted by molar-refractivity contribution is 0.332. The van der Waals surface area contributed by atoms with Crippen LogP contribution in [0.2, 0.25) is 0 Å². The van der Waals surface area contributed by atoms with Crippen LogP contribution in [-0.2, 0) is 6.42 Å². The van der Waals surface area contributed by atoms with Crippen molar-refractivity contribution in [2.75, 3.05) is 38.4 Å². The molecule has 0 aliphatic rings. The Balaban J connectivity index is 1.58. The van der Waals surface area contributed by atoms with Gasteiger partial charge in [-0.25, -0.2) is 4.98 Å². The molecule has 28 heavy (non-hydrogen) atoms. The molecule has 1 heterocycles. The minimum atomic E-state index is 0.434. The highest BCUT2D eigenvalue weighted by Gasteiger charge is 2.08. The summed E-state index contributed by atoms with van der Waals surface area (Å²) < 4.78 is 16.2. The number of methoxy groups -OCH3 is 2. The van der Waals surface area contributed by atoms with Crippen LogP contribution in [0.1, 0.15) is 11.1 Å². The predicted molar refractivity (Wildman–Crippen MR) is 109 cm³/mol. The average molecular weight is 380 g/mol. The summed E-state index contributed by atoms with van der Waals surface area (Å²) in [5, 5.41) is 3.12. The summed E-state index contributed by atoms with van der Waals surface area (Å²) in [6.45, 7) is 1.07. The second-order valence-corrected chi connectivity index (χ2v) is 6.09. The third-order valence-electron chi connectivity index (χ3n) is 4.10. The van der Waals surface area contributed by atoms with E-state index in [0.717, 1.165) is 28.4 Å². The van der Waals surface area contributed by atoms with Crippen molar-refractivity contribution in [1.29, 1.82) is 0 Å². The highest BCUT2D eigenvalue weighted by atomic mass is 16.5. The summed E-state index contributed by atoms with van der Waals surface area (Å²) in [4.78, 5) is 8.68. The van der Waals surface area contributed by atoms with E-state index < -0.39 is 0 Å². The van der Waals surface area contributed by atoms with Gasteiger partial charge in [-0.05, 0) is 29.8 Å². The van der Waals surface area contributed by atoms with Crippen LogP contribution in [0.25, 0.3) is 0 Å². The monoisotopic (exact) mass is 380 g/mol. The average Bonchev–Trinajstić information content (AvgIpc) is 2.73. The maximum Gasteiger partial charge on any atom is 0.224 e. The van der Waals surface area contributed by atoms with Gasteiger partial charge in [0.1, 0.15) is 29.7 Å². The fraction of sp³-hybridized carbons (Fsp3) is 0.238. The Morgan fingerprint density at radius 3 is 2.32 bits per heavy atom. The first-order chi connectivity index (χ1) is 13.7. The molecule has 146 valence electrons. The van der Waals surface area contributed by atoms with Crippen molar-refractivity contribution in [2.24, 2.45) is 0 Å². The number of nitrogen functional groups attached to an aromatic ring is 1. The first-order valence-corrected chi connectivity index (χ1v) is 8.93. The van der Waals surface area contributed by atoms with Crippen molar-refractivity contribution in [3.63, 3.8) is 0 Å². The second-order valence-electron chi connectivity index (χ2n) is 6.09. The molecule has 0 spiro atoms. The predicted octanol–water partition coefficient (Wildman–Crippen LogP) is 3.16. The number of anilines is 2. The van der Waals surface area contributed by atoms with Crippen LogP contribution in [0.4, 0.5) is 11.8 Å². The Labute approximate surface area is 164 Å². The highest BCUT2D eigenvalue weighted by molar-refractivity contribution is 5.47. The molecule has 3 rings (SSSR count). The summed E-state index contributed by atoms with van der Waals surface area (Å²) in [6, 6.07) is 15.4. The van der Waals surface area contributed by atoms with Gasteiger partial charge < -0.3 is 25.3 Å². The summed E-state index contributed by atoms with van der Waals surface area (Å²) >= 11 is 0. The molecule has 0 unspecified atom stereocenters. The molecule has 3 aromatic rings. The van der Waals surface area contributed by atoms with Crippen LogP contribution in [0.3, 0.4) is 0 Å². The number of benzene rings is 2. The van der Waals surface area contributed by atoms with Gasteiger partial charge in [0, 0.05) is 24.2 Å². The summed E-state index contributed by atoms with van der Waals surface area (Å²) in [6.07, 6.45) is 2.31. The van der Waals surface area contributed by atoms with E-state index in [4.69, 9.17) is 19.9 Å². The van der Waals surface area contributed by atoms with Gasteiger partial charge in [-0.2, -0.15) is 4.98 Å². The Kier molecular flexibility index (Phi) is 6.51. The summed E-state index contributed by atoms with van der Waals surface area (Å²) in [5.74, 6) is 3.19. The Morgan fingerprint density at radius 1 is 0.964 bits per heavy atom. The van der Waals surface area contributed by atoms with Crippen LogP contribution >= 0.6 is 0 Å². The molecule has 0 aliphatic carbocycles. The van der Waals surface area contributed by atoms with Crippen molar-refractivity contribution >= 4 is 11.8 Å². The molecule has 1 aromatic heterocycles. The number of aromatic nitrogens is 2. The molecule has 7 nitrogen and oxygen atoms in total. The van der Waals surface area contributed by atoms with Crippen LogP contribution in [0, 0.1) is 0 Å². The van der Waals surface area contributed by atoms with Crippen molar-refractivity contribution in [2.45, 2.75) is 6.42 Å². The van der Waals surface area contributed by atoms with Gasteiger partial charge in [0.2, 0.25) is 5.95 Å². The molecule has 3 N–H and O–H groups in total. The third-order valence-corrected chi connectivity index (χ3v) is 4.10. The topological polar surface area (TPSA) is 91.5 Å². The highest BCUT2D eigenvalue weighted by Crippen LogP contribution is 2.25. The molecular formula is C21H24N4O3. The van der Waals surface area contributed by atoms with E-state index in [-0.39, 0.29) is 0 Å². The minimum absolute atomic E-state index is 0.434. The quantitative estimate of drug-likeness (QED) is 0.551. The first kappa shape index (κ1) is 19.3. The molecule has 2 aromatic carbocycles. The van der Waals surface area contributed by atoms with Gasteiger partial charge in [0.25, 0.3) is 0 Å². The summed E-state index contributed by atoms with van der Waals surface area (Å²) in [5.41, 5.74) is 7.96. The van der Waals surface area contributed by atoms with Gasteiger partial charge in [0.05, 0.1) is 20.8 Å². The number of hydrogen-bond acceptors (Lipinski definition) is 7.